The summed E-state index contributed by atoms with van der Waals surface area (Å²) in [6.07, 6.45) is 3.27. The molecular weight excluding hydrogens is 168 g/mol. The number of fused-ring (bicyclic) bond motifs is 2. The standard InChI is InChI=1S/C10H13O3/c1-8(2)9(3)4-5-10(8,6-11)13-7(9)12/h4-5H2,1-3H3/t9?,10-/m0/s1. The summed E-state index contributed by atoms with van der Waals surface area (Å²) in [7, 11) is 0. The van der Waals surface area contributed by atoms with Crippen molar-refractivity contribution in [1.82, 2.24) is 0 Å². The Morgan fingerprint density at radius 2 is 1.92 bits per heavy atom. The van der Waals surface area contributed by atoms with Crippen molar-refractivity contribution in [3.05, 3.63) is 0 Å². The van der Waals surface area contributed by atoms with Crippen molar-refractivity contribution in [2.45, 2.75) is 39.2 Å². The van der Waals surface area contributed by atoms with Gasteiger partial charge in [-0.25, -0.2) is 0 Å². The Kier molecular flexibility index (Phi) is 1.32. The molecule has 0 aromatic rings. The first-order valence-electron chi connectivity index (χ1n) is 4.52. The zero-order chi connectivity index (χ0) is 9.91. The van der Waals surface area contributed by atoms with Gasteiger partial charge in [0.2, 0.25) is 6.29 Å². The predicted molar refractivity (Wildman–Crippen MR) is 45.6 cm³/mol. The maximum atomic E-state index is 11.5. The van der Waals surface area contributed by atoms with E-state index < -0.39 is 16.4 Å². The number of carbonyl (C=O) groups excluding carboxylic acids is 2. The molecule has 1 aliphatic heterocycles. The zero-order valence-electron chi connectivity index (χ0n) is 8.14. The van der Waals surface area contributed by atoms with Crippen LogP contribution in [0.25, 0.3) is 0 Å². The molecule has 3 nitrogen and oxygen atoms in total. The molecule has 1 radical (unpaired) electrons. The lowest BCUT2D eigenvalue weighted by atomic mass is 9.67. The van der Waals surface area contributed by atoms with E-state index in [1.54, 1.807) is 0 Å². The summed E-state index contributed by atoms with van der Waals surface area (Å²) in [5.74, 6) is -0.243. The summed E-state index contributed by atoms with van der Waals surface area (Å²) >= 11 is 0. The Morgan fingerprint density at radius 3 is 2.15 bits per heavy atom. The molecule has 2 fully saturated rings. The van der Waals surface area contributed by atoms with Crippen LogP contribution in [0.3, 0.4) is 0 Å². The lowest BCUT2D eigenvalue weighted by Gasteiger charge is -2.31. The van der Waals surface area contributed by atoms with E-state index in [2.05, 4.69) is 0 Å². The van der Waals surface area contributed by atoms with E-state index in [0.29, 0.717) is 6.42 Å². The largest absolute Gasteiger partial charge is 0.449 e. The van der Waals surface area contributed by atoms with Crippen LogP contribution < -0.4 is 0 Å². The molecule has 1 aliphatic carbocycles. The second-order valence-corrected chi connectivity index (χ2v) is 4.78. The number of hydrogen-bond acceptors (Lipinski definition) is 3. The van der Waals surface area contributed by atoms with Crippen LogP contribution in [0.4, 0.5) is 0 Å². The van der Waals surface area contributed by atoms with Gasteiger partial charge in [-0.1, -0.05) is 13.8 Å². The van der Waals surface area contributed by atoms with Crippen LogP contribution in [0.1, 0.15) is 33.6 Å². The maximum Gasteiger partial charge on any atom is 0.313 e. The Morgan fingerprint density at radius 1 is 1.31 bits per heavy atom. The van der Waals surface area contributed by atoms with Crippen LogP contribution in [0.2, 0.25) is 0 Å². The number of hydrogen-bond donors (Lipinski definition) is 0. The number of esters is 1. The first-order chi connectivity index (χ1) is 5.90. The second kappa shape index (κ2) is 1.97. The second-order valence-electron chi connectivity index (χ2n) is 4.78. The number of rotatable bonds is 1. The summed E-state index contributed by atoms with van der Waals surface area (Å²) in [6.45, 7) is 5.70. The molecule has 1 saturated carbocycles. The van der Waals surface area contributed by atoms with Crippen molar-refractivity contribution in [2.24, 2.45) is 10.8 Å². The normalized spacial score (nSPS) is 46.2. The SMILES string of the molecule is CC12CC[C@@]([C]=O)(OC1=O)C2(C)C. The van der Waals surface area contributed by atoms with E-state index in [0.717, 1.165) is 6.42 Å². The van der Waals surface area contributed by atoms with Gasteiger partial charge in [-0.15, -0.1) is 0 Å². The summed E-state index contributed by atoms with van der Waals surface area (Å²) in [5.41, 5.74) is -1.89. The third kappa shape index (κ3) is 0.640. The average molecular weight is 181 g/mol. The van der Waals surface area contributed by atoms with Crippen molar-refractivity contribution in [2.75, 3.05) is 0 Å². The van der Waals surface area contributed by atoms with Crippen molar-refractivity contribution in [3.8, 4) is 0 Å². The molecule has 0 amide bonds. The van der Waals surface area contributed by atoms with E-state index in [4.69, 9.17) is 4.74 Å². The van der Waals surface area contributed by atoms with Gasteiger partial charge in [-0.3, -0.25) is 9.59 Å². The molecule has 2 bridgehead atoms. The van der Waals surface area contributed by atoms with Gasteiger partial charge >= 0.3 is 5.97 Å². The fourth-order valence-electron chi connectivity index (χ4n) is 2.50. The highest BCUT2D eigenvalue weighted by Crippen LogP contribution is 2.64. The molecule has 0 spiro atoms. The van der Waals surface area contributed by atoms with Crippen LogP contribution in [0.5, 0.6) is 0 Å². The van der Waals surface area contributed by atoms with Gasteiger partial charge in [0.25, 0.3) is 0 Å². The van der Waals surface area contributed by atoms with E-state index in [-0.39, 0.29) is 5.97 Å². The van der Waals surface area contributed by atoms with Crippen LogP contribution in [-0.2, 0) is 14.3 Å². The fourth-order valence-corrected chi connectivity index (χ4v) is 2.50. The Balaban J connectivity index is 2.59. The Labute approximate surface area is 77.4 Å². The van der Waals surface area contributed by atoms with Gasteiger partial charge in [-0.05, 0) is 19.8 Å². The van der Waals surface area contributed by atoms with Gasteiger partial charge in [0.1, 0.15) is 0 Å². The lowest BCUT2D eigenvalue weighted by Crippen LogP contribution is -2.42. The lowest BCUT2D eigenvalue weighted by molar-refractivity contribution is -0.155. The monoisotopic (exact) mass is 181 g/mol. The molecule has 0 N–H and O–H groups in total. The molecule has 1 saturated heterocycles. The van der Waals surface area contributed by atoms with Gasteiger partial charge in [0.05, 0.1) is 5.41 Å². The topological polar surface area (TPSA) is 43.4 Å². The van der Waals surface area contributed by atoms with E-state index >= 15 is 0 Å². The highest BCUT2D eigenvalue weighted by Gasteiger charge is 2.73. The summed E-state index contributed by atoms with van der Waals surface area (Å²) < 4.78 is 5.15. The molecule has 1 unspecified atom stereocenters. The molecule has 71 valence electrons. The van der Waals surface area contributed by atoms with E-state index in [9.17, 15) is 9.59 Å². The smallest absolute Gasteiger partial charge is 0.313 e. The summed E-state index contributed by atoms with van der Waals surface area (Å²) in [5, 5.41) is 0. The molecular formula is C10H13O3. The Hall–Kier alpha value is -0.860. The molecule has 1 heterocycles. The van der Waals surface area contributed by atoms with Gasteiger partial charge in [0.15, 0.2) is 5.60 Å². The van der Waals surface area contributed by atoms with Gasteiger partial charge in [0, 0.05) is 5.41 Å². The predicted octanol–water partition coefficient (Wildman–Crippen LogP) is 1.22. The van der Waals surface area contributed by atoms with Crippen LogP contribution in [0, 0.1) is 10.8 Å². The highest BCUT2D eigenvalue weighted by molar-refractivity contribution is 5.88. The van der Waals surface area contributed by atoms with Crippen molar-refractivity contribution >= 4 is 12.3 Å². The van der Waals surface area contributed by atoms with Crippen molar-refractivity contribution < 1.29 is 14.3 Å². The summed E-state index contributed by atoms with van der Waals surface area (Å²) in [4.78, 5) is 22.4. The maximum absolute atomic E-state index is 11.5. The highest BCUT2D eigenvalue weighted by atomic mass is 16.6. The zero-order valence-corrected chi connectivity index (χ0v) is 8.14. The Bertz CT molecular complexity index is 295. The molecule has 2 rings (SSSR count). The quantitative estimate of drug-likeness (QED) is 0.571. The molecule has 0 aromatic heterocycles. The fraction of sp³-hybridized carbons (Fsp3) is 0.800. The third-order valence-corrected chi connectivity index (χ3v) is 4.25. The van der Waals surface area contributed by atoms with Gasteiger partial charge < -0.3 is 4.74 Å². The van der Waals surface area contributed by atoms with Crippen LogP contribution in [0.15, 0.2) is 0 Å². The minimum Gasteiger partial charge on any atom is -0.449 e. The van der Waals surface area contributed by atoms with Gasteiger partial charge in [-0.2, -0.15) is 0 Å². The summed E-state index contributed by atoms with van der Waals surface area (Å²) in [6, 6.07) is 0. The minimum atomic E-state index is -0.973. The van der Waals surface area contributed by atoms with E-state index in [1.807, 2.05) is 27.1 Å². The van der Waals surface area contributed by atoms with Crippen molar-refractivity contribution in [1.29, 1.82) is 0 Å². The first kappa shape index (κ1) is 8.73. The molecule has 0 aromatic carbocycles. The number of ether oxygens (including phenoxy) is 1. The molecule has 3 heteroatoms. The molecule has 2 atom stereocenters. The van der Waals surface area contributed by atoms with Crippen LogP contribution in [-0.4, -0.2) is 17.9 Å². The third-order valence-electron chi connectivity index (χ3n) is 4.25. The molecule has 2 aliphatic rings. The first-order valence-corrected chi connectivity index (χ1v) is 4.52. The average Bonchev–Trinajstić information content (AvgIpc) is 2.34. The number of carbonyl (C=O) groups is 1. The molecule has 13 heavy (non-hydrogen) atoms. The van der Waals surface area contributed by atoms with Crippen LogP contribution >= 0.6 is 0 Å². The van der Waals surface area contributed by atoms with E-state index in [1.165, 1.54) is 0 Å². The minimum absolute atomic E-state index is 0.243. The van der Waals surface area contributed by atoms with Crippen molar-refractivity contribution in [3.63, 3.8) is 0 Å².